The third-order valence-corrected chi connectivity index (χ3v) is 3.37. The third kappa shape index (κ3) is 4.87. The van der Waals surface area contributed by atoms with Crippen molar-refractivity contribution in [3.05, 3.63) is 16.1 Å². The van der Waals surface area contributed by atoms with Crippen molar-refractivity contribution in [2.45, 2.75) is 19.9 Å². The number of hydrogen-bond donors (Lipinski definition) is 2. The molecule has 2 N–H and O–H groups in total. The van der Waals surface area contributed by atoms with Gasteiger partial charge in [0.15, 0.2) is 5.11 Å². The molecule has 0 aliphatic rings. The van der Waals surface area contributed by atoms with Gasteiger partial charge in [0.25, 0.3) is 0 Å². The van der Waals surface area contributed by atoms with Crippen molar-refractivity contribution < 1.29 is 4.74 Å². The minimum Gasteiger partial charge on any atom is -0.383 e. The van der Waals surface area contributed by atoms with Gasteiger partial charge in [0.2, 0.25) is 0 Å². The monoisotopic (exact) mass is 259 g/mol. The normalized spacial score (nSPS) is 10.1. The lowest BCUT2D eigenvalue weighted by Crippen LogP contribution is -2.36. The molecule has 0 bridgehead atoms. The molecule has 0 radical (unpaired) electrons. The molecule has 0 spiro atoms. The first-order valence-electron chi connectivity index (χ1n) is 5.20. The number of rotatable bonds is 6. The lowest BCUT2D eigenvalue weighted by Gasteiger charge is -2.08. The molecule has 1 rings (SSSR count). The number of hydrogen-bond acceptors (Lipinski definition) is 4. The lowest BCUT2D eigenvalue weighted by atomic mass is 10.4. The first-order chi connectivity index (χ1) is 7.76. The molecule has 6 heteroatoms. The average Bonchev–Trinajstić information content (AvgIpc) is 2.74. The number of methoxy groups -OCH3 is 1. The van der Waals surface area contributed by atoms with E-state index >= 15 is 0 Å². The molecule has 0 fully saturated rings. The Morgan fingerprint density at radius 3 is 3.00 bits per heavy atom. The van der Waals surface area contributed by atoms with Gasteiger partial charge in [-0.25, -0.2) is 4.98 Å². The summed E-state index contributed by atoms with van der Waals surface area (Å²) >= 11 is 6.82. The van der Waals surface area contributed by atoms with Crippen LogP contribution in [0.5, 0.6) is 0 Å². The first-order valence-corrected chi connectivity index (χ1v) is 6.43. The molecule has 0 saturated heterocycles. The van der Waals surface area contributed by atoms with E-state index < -0.39 is 0 Å². The highest BCUT2D eigenvalue weighted by Crippen LogP contribution is 2.12. The Balaban J connectivity index is 2.20. The van der Waals surface area contributed by atoms with Gasteiger partial charge in [-0.15, -0.1) is 11.3 Å². The summed E-state index contributed by atoms with van der Waals surface area (Å²) < 4.78 is 4.91. The van der Waals surface area contributed by atoms with Gasteiger partial charge in [-0.1, -0.05) is 6.92 Å². The average molecular weight is 259 g/mol. The van der Waals surface area contributed by atoms with Crippen molar-refractivity contribution >= 4 is 28.7 Å². The smallest absolute Gasteiger partial charge is 0.166 e. The maximum absolute atomic E-state index is 5.10. The number of ether oxygens (including phenoxy) is 1. The number of aryl methyl sites for hydroxylation is 1. The summed E-state index contributed by atoms with van der Waals surface area (Å²) in [5.74, 6) is 0. The van der Waals surface area contributed by atoms with Crippen molar-refractivity contribution in [1.29, 1.82) is 0 Å². The number of thiazole rings is 1. The molecular formula is C10H17N3OS2. The molecule has 0 aliphatic carbocycles. The third-order valence-electron chi connectivity index (χ3n) is 1.94. The molecule has 0 unspecified atom stereocenters. The Morgan fingerprint density at radius 2 is 2.38 bits per heavy atom. The highest BCUT2D eigenvalue weighted by molar-refractivity contribution is 7.80. The number of nitrogens with zero attached hydrogens (tertiary/aromatic N) is 1. The molecule has 1 heterocycles. The van der Waals surface area contributed by atoms with Gasteiger partial charge >= 0.3 is 0 Å². The van der Waals surface area contributed by atoms with Crippen LogP contribution in [0.25, 0.3) is 0 Å². The van der Waals surface area contributed by atoms with Gasteiger partial charge in [0, 0.05) is 24.7 Å². The van der Waals surface area contributed by atoms with Crippen LogP contribution in [0.15, 0.2) is 6.20 Å². The van der Waals surface area contributed by atoms with E-state index in [9.17, 15) is 0 Å². The van der Waals surface area contributed by atoms with Gasteiger partial charge < -0.3 is 15.4 Å². The van der Waals surface area contributed by atoms with E-state index in [1.54, 1.807) is 18.4 Å². The zero-order valence-electron chi connectivity index (χ0n) is 9.58. The molecular weight excluding hydrogens is 242 g/mol. The molecule has 0 aromatic carbocycles. The molecule has 0 amide bonds. The highest BCUT2D eigenvalue weighted by atomic mass is 32.1. The Labute approximate surface area is 105 Å². The van der Waals surface area contributed by atoms with Crippen molar-refractivity contribution in [3.8, 4) is 0 Å². The Morgan fingerprint density at radius 1 is 1.56 bits per heavy atom. The van der Waals surface area contributed by atoms with Crippen LogP contribution in [-0.2, 0) is 17.7 Å². The molecule has 4 nitrogen and oxygen atoms in total. The van der Waals surface area contributed by atoms with Crippen molar-refractivity contribution in [2.75, 3.05) is 20.3 Å². The maximum Gasteiger partial charge on any atom is 0.166 e. The van der Waals surface area contributed by atoms with Gasteiger partial charge in [-0.05, 0) is 18.6 Å². The van der Waals surface area contributed by atoms with Crippen LogP contribution in [0, 0.1) is 0 Å². The van der Waals surface area contributed by atoms with Gasteiger partial charge in [0.1, 0.15) is 5.01 Å². The van der Waals surface area contributed by atoms with E-state index in [1.807, 2.05) is 6.20 Å². The summed E-state index contributed by atoms with van der Waals surface area (Å²) in [4.78, 5) is 5.60. The van der Waals surface area contributed by atoms with Gasteiger partial charge in [-0.3, -0.25) is 0 Å². The SMILES string of the molecule is CCc1cnc(CNC(=S)NCCOC)s1. The summed E-state index contributed by atoms with van der Waals surface area (Å²) in [7, 11) is 1.67. The largest absolute Gasteiger partial charge is 0.383 e. The molecule has 0 aliphatic heterocycles. The Bertz CT molecular complexity index is 328. The van der Waals surface area contributed by atoms with Crippen LogP contribution < -0.4 is 10.6 Å². The second-order valence-corrected chi connectivity index (χ2v) is 4.78. The second kappa shape index (κ2) is 7.54. The molecule has 0 saturated carbocycles. The highest BCUT2D eigenvalue weighted by Gasteiger charge is 2.01. The van der Waals surface area contributed by atoms with E-state index in [0.29, 0.717) is 18.3 Å². The summed E-state index contributed by atoms with van der Waals surface area (Å²) in [5, 5.41) is 7.86. The van der Waals surface area contributed by atoms with Crippen LogP contribution >= 0.6 is 23.6 Å². The Kier molecular flexibility index (Phi) is 6.29. The summed E-state index contributed by atoms with van der Waals surface area (Å²) in [6.45, 7) is 4.19. The quantitative estimate of drug-likeness (QED) is 0.596. The molecule has 90 valence electrons. The number of aromatic nitrogens is 1. The van der Waals surface area contributed by atoms with Gasteiger partial charge in [-0.2, -0.15) is 0 Å². The minimum absolute atomic E-state index is 0.644. The number of nitrogens with one attached hydrogen (secondary N) is 2. The van der Waals surface area contributed by atoms with Crippen molar-refractivity contribution in [1.82, 2.24) is 15.6 Å². The van der Waals surface area contributed by atoms with E-state index in [2.05, 4.69) is 22.5 Å². The second-order valence-electron chi connectivity index (χ2n) is 3.18. The van der Waals surface area contributed by atoms with Crippen molar-refractivity contribution in [3.63, 3.8) is 0 Å². The first kappa shape index (κ1) is 13.3. The van der Waals surface area contributed by atoms with E-state index in [1.165, 1.54) is 4.88 Å². The zero-order valence-corrected chi connectivity index (χ0v) is 11.2. The van der Waals surface area contributed by atoms with E-state index in [4.69, 9.17) is 17.0 Å². The topological polar surface area (TPSA) is 46.2 Å². The van der Waals surface area contributed by atoms with Crippen molar-refractivity contribution in [2.24, 2.45) is 0 Å². The zero-order chi connectivity index (χ0) is 11.8. The summed E-state index contributed by atoms with van der Waals surface area (Å²) in [5.41, 5.74) is 0. The van der Waals surface area contributed by atoms with Crippen LogP contribution in [0.2, 0.25) is 0 Å². The standard InChI is InChI=1S/C10H17N3OS2/c1-3-8-6-12-9(16-8)7-13-10(15)11-4-5-14-2/h6H,3-5,7H2,1-2H3,(H2,11,13,15). The summed E-state index contributed by atoms with van der Waals surface area (Å²) in [6.07, 6.45) is 2.96. The van der Waals surface area contributed by atoms with Crippen LogP contribution in [-0.4, -0.2) is 30.4 Å². The fraction of sp³-hybridized carbons (Fsp3) is 0.600. The predicted molar refractivity (Wildman–Crippen MR) is 70.8 cm³/mol. The minimum atomic E-state index is 0.644. The van der Waals surface area contributed by atoms with Crippen LogP contribution in [0.1, 0.15) is 16.8 Å². The fourth-order valence-corrected chi connectivity index (χ4v) is 2.05. The lowest BCUT2D eigenvalue weighted by molar-refractivity contribution is 0.204. The Hall–Kier alpha value is -0.720. The maximum atomic E-state index is 5.10. The van der Waals surface area contributed by atoms with Crippen LogP contribution in [0.3, 0.4) is 0 Å². The fourth-order valence-electron chi connectivity index (χ4n) is 1.08. The molecule has 1 aromatic heterocycles. The number of thiocarbonyl (C=S) groups is 1. The van der Waals surface area contributed by atoms with E-state index in [-0.39, 0.29) is 0 Å². The molecule has 1 aromatic rings. The molecule has 0 atom stereocenters. The summed E-state index contributed by atoms with van der Waals surface area (Å²) in [6, 6.07) is 0. The van der Waals surface area contributed by atoms with Gasteiger partial charge in [0.05, 0.1) is 13.2 Å². The van der Waals surface area contributed by atoms with E-state index in [0.717, 1.165) is 18.0 Å². The van der Waals surface area contributed by atoms with Crippen LogP contribution in [0.4, 0.5) is 0 Å². The predicted octanol–water partition coefficient (Wildman–Crippen LogP) is 1.32. The molecule has 16 heavy (non-hydrogen) atoms.